The van der Waals surface area contributed by atoms with Gasteiger partial charge in [0.25, 0.3) is 0 Å². The maximum Gasteiger partial charge on any atom is 0.228 e. The van der Waals surface area contributed by atoms with Gasteiger partial charge in [0, 0.05) is 11.3 Å². The van der Waals surface area contributed by atoms with Gasteiger partial charge in [0.1, 0.15) is 5.75 Å². The summed E-state index contributed by atoms with van der Waals surface area (Å²) in [4.78, 5) is 12.2. The summed E-state index contributed by atoms with van der Waals surface area (Å²) in [7, 11) is 0. The smallest absolute Gasteiger partial charge is 0.228 e. The molecule has 0 saturated carbocycles. The highest BCUT2D eigenvalue weighted by atomic mass is 16.3. The van der Waals surface area contributed by atoms with Gasteiger partial charge in [-0.15, -0.1) is 0 Å². The summed E-state index contributed by atoms with van der Waals surface area (Å²) in [5.74, 6) is 0.0176. The van der Waals surface area contributed by atoms with Crippen molar-refractivity contribution in [2.24, 2.45) is 0 Å². The average Bonchev–Trinajstić information content (AvgIpc) is 2.94. The van der Waals surface area contributed by atoms with Gasteiger partial charge in [-0.25, -0.2) is 0 Å². The van der Waals surface area contributed by atoms with Gasteiger partial charge in [0.05, 0.1) is 6.42 Å². The fourth-order valence-electron chi connectivity index (χ4n) is 3.26. The van der Waals surface area contributed by atoms with E-state index in [4.69, 9.17) is 0 Å². The molecule has 0 spiro atoms. The van der Waals surface area contributed by atoms with Crippen molar-refractivity contribution >= 4 is 11.6 Å². The van der Waals surface area contributed by atoms with Gasteiger partial charge >= 0.3 is 0 Å². The Morgan fingerprint density at radius 1 is 0.917 bits per heavy atom. The third-order valence-electron chi connectivity index (χ3n) is 4.42. The molecule has 0 bridgehead atoms. The van der Waals surface area contributed by atoms with Gasteiger partial charge in [-0.05, 0) is 46.9 Å². The molecule has 3 heteroatoms. The number of anilines is 1. The van der Waals surface area contributed by atoms with Crippen LogP contribution in [0.25, 0.3) is 11.1 Å². The molecule has 3 aromatic rings. The summed E-state index contributed by atoms with van der Waals surface area (Å²) in [5.41, 5.74) is 6.50. The number of fused-ring (bicyclic) bond motifs is 3. The quantitative estimate of drug-likeness (QED) is 0.597. The molecule has 24 heavy (non-hydrogen) atoms. The van der Waals surface area contributed by atoms with Gasteiger partial charge in [-0.3, -0.25) is 4.79 Å². The zero-order valence-corrected chi connectivity index (χ0v) is 13.1. The zero-order chi connectivity index (χ0) is 16.5. The molecule has 0 atom stereocenters. The van der Waals surface area contributed by atoms with E-state index in [1.54, 1.807) is 18.2 Å². The molecule has 3 aromatic carbocycles. The molecule has 1 amide bonds. The number of aromatic hydroxyl groups is 1. The summed E-state index contributed by atoms with van der Waals surface area (Å²) in [6.07, 6.45) is 1.05. The van der Waals surface area contributed by atoms with E-state index in [0.29, 0.717) is 5.56 Å². The lowest BCUT2D eigenvalue weighted by atomic mass is 10.1. The Balaban J connectivity index is 1.52. The number of carbonyl (C=O) groups excluding carboxylic acids is 1. The topological polar surface area (TPSA) is 49.3 Å². The first-order valence-electron chi connectivity index (χ1n) is 7.98. The second-order valence-electron chi connectivity index (χ2n) is 6.06. The van der Waals surface area contributed by atoms with Crippen molar-refractivity contribution in [3.8, 4) is 16.9 Å². The first kappa shape index (κ1) is 14.5. The van der Waals surface area contributed by atoms with E-state index >= 15 is 0 Å². The monoisotopic (exact) mass is 315 g/mol. The van der Waals surface area contributed by atoms with E-state index < -0.39 is 0 Å². The fourth-order valence-corrected chi connectivity index (χ4v) is 3.26. The minimum absolute atomic E-state index is 0.132. The Morgan fingerprint density at radius 2 is 1.67 bits per heavy atom. The van der Waals surface area contributed by atoms with Crippen LogP contribution in [0.15, 0.2) is 66.7 Å². The number of benzene rings is 3. The summed E-state index contributed by atoms with van der Waals surface area (Å²) in [5, 5.41) is 12.7. The van der Waals surface area contributed by atoms with Crippen LogP contribution < -0.4 is 5.32 Å². The van der Waals surface area contributed by atoms with Crippen LogP contribution in [0.2, 0.25) is 0 Å². The summed E-state index contributed by atoms with van der Waals surface area (Å²) in [6, 6.07) is 21.3. The molecule has 0 aliphatic heterocycles. The lowest BCUT2D eigenvalue weighted by Crippen LogP contribution is -2.14. The number of phenolic OH excluding ortho intramolecular Hbond substituents is 1. The Kier molecular flexibility index (Phi) is 3.54. The molecule has 0 saturated heterocycles. The maximum atomic E-state index is 12.2. The fraction of sp³-hybridized carbons (Fsp3) is 0.0952. The number of amides is 1. The van der Waals surface area contributed by atoms with Crippen molar-refractivity contribution in [2.45, 2.75) is 12.8 Å². The van der Waals surface area contributed by atoms with E-state index in [9.17, 15) is 9.90 Å². The van der Waals surface area contributed by atoms with Crippen molar-refractivity contribution in [1.29, 1.82) is 0 Å². The van der Waals surface area contributed by atoms with Crippen LogP contribution in [0, 0.1) is 0 Å². The number of nitrogens with one attached hydrogen (secondary N) is 1. The number of hydrogen-bond acceptors (Lipinski definition) is 2. The molecule has 0 heterocycles. The predicted molar refractivity (Wildman–Crippen MR) is 95.1 cm³/mol. The molecular weight excluding hydrogens is 298 g/mol. The zero-order valence-electron chi connectivity index (χ0n) is 13.1. The van der Waals surface area contributed by atoms with Crippen LogP contribution in [-0.2, 0) is 17.6 Å². The van der Waals surface area contributed by atoms with E-state index in [0.717, 1.165) is 12.1 Å². The van der Waals surface area contributed by atoms with Crippen molar-refractivity contribution in [1.82, 2.24) is 0 Å². The van der Waals surface area contributed by atoms with Gasteiger partial charge < -0.3 is 10.4 Å². The number of phenols is 1. The first-order chi connectivity index (χ1) is 11.7. The molecule has 1 aliphatic carbocycles. The van der Waals surface area contributed by atoms with Crippen LogP contribution in [0.5, 0.6) is 5.75 Å². The molecule has 0 fully saturated rings. The van der Waals surface area contributed by atoms with Crippen LogP contribution >= 0.6 is 0 Å². The standard InChI is InChI=1S/C21H17NO2/c23-20-8-4-2-6-15(20)13-21(24)22-17-9-10-19-16(12-17)11-14-5-1-3-7-18(14)19/h1-10,12,23H,11,13H2,(H,22,24). The Morgan fingerprint density at radius 3 is 2.54 bits per heavy atom. The summed E-state index contributed by atoms with van der Waals surface area (Å²) < 4.78 is 0. The van der Waals surface area contributed by atoms with E-state index in [1.165, 1.54) is 22.3 Å². The number of rotatable bonds is 3. The SMILES string of the molecule is O=C(Cc1ccccc1O)Nc1ccc2c(c1)Cc1ccccc1-2. The second kappa shape index (κ2) is 5.85. The molecule has 0 aromatic heterocycles. The second-order valence-corrected chi connectivity index (χ2v) is 6.06. The molecule has 3 nitrogen and oxygen atoms in total. The van der Waals surface area contributed by atoms with E-state index in [1.807, 2.05) is 18.2 Å². The molecule has 1 aliphatic rings. The first-order valence-corrected chi connectivity index (χ1v) is 7.98. The highest BCUT2D eigenvalue weighted by Gasteiger charge is 2.18. The Hall–Kier alpha value is -3.07. The minimum Gasteiger partial charge on any atom is -0.508 e. The largest absolute Gasteiger partial charge is 0.508 e. The number of para-hydroxylation sites is 1. The van der Waals surface area contributed by atoms with Crippen molar-refractivity contribution in [2.75, 3.05) is 5.32 Å². The Bertz CT molecular complexity index is 931. The molecule has 2 N–H and O–H groups in total. The van der Waals surface area contributed by atoms with Crippen LogP contribution in [0.1, 0.15) is 16.7 Å². The molecule has 4 rings (SSSR count). The summed E-state index contributed by atoms with van der Waals surface area (Å²) >= 11 is 0. The molecule has 0 radical (unpaired) electrons. The van der Waals surface area contributed by atoms with E-state index in [-0.39, 0.29) is 18.1 Å². The highest BCUT2D eigenvalue weighted by molar-refractivity contribution is 5.93. The lowest BCUT2D eigenvalue weighted by Gasteiger charge is -2.08. The molecule has 118 valence electrons. The van der Waals surface area contributed by atoms with Crippen LogP contribution in [-0.4, -0.2) is 11.0 Å². The lowest BCUT2D eigenvalue weighted by molar-refractivity contribution is -0.115. The predicted octanol–water partition coefficient (Wildman–Crippen LogP) is 4.14. The van der Waals surface area contributed by atoms with Gasteiger partial charge in [0.15, 0.2) is 0 Å². The highest BCUT2D eigenvalue weighted by Crippen LogP contribution is 2.37. The third kappa shape index (κ3) is 2.65. The third-order valence-corrected chi connectivity index (χ3v) is 4.42. The average molecular weight is 315 g/mol. The molecular formula is C21H17NO2. The normalized spacial score (nSPS) is 11.7. The van der Waals surface area contributed by atoms with Crippen molar-refractivity contribution in [3.05, 3.63) is 83.4 Å². The molecule has 0 unspecified atom stereocenters. The minimum atomic E-state index is -0.132. The number of carbonyl (C=O) groups is 1. The van der Waals surface area contributed by atoms with Gasteiger partial charge in [-0.1, -0.05) is 48.5 Å². The van der Waals surface area contributed by atoms with Crippen LogP contribution in [0.4, 0.5) is 5.69 Å². The Labute approximate surface area is 140 Å². The van der Waals surface area contributed by atoms with Crippen molar-refractivity contribution in [3.63, 3.8) is 0 Å². The van der Waals surface area contributed by atoms with E-state index in [2.05, 4.69) is 35.6 Å². The van der Waals surface area contributed by atoms with Crippen LogP contribution in [0.3, 0.4) is 0 Å². The summed E-state index contributed by atoms with van der Waals surface area (Å²) in [6.45, 7) is 0. The maximum absolute atomic E-state index is 12.2. The number of hydrogen-bond donors (Lipinski definition) is 2. The van der Waals surface area contributed by atoms with Gasteiger partial charge in [0.2, 0.25) is 5.91 Å². The van der Waals surface area contributed by atoms with Gasteiger partial charge in [-0.2, -0.15) is 0 Å². The van der Waals surface area contributed by atoms with Crippen molar-refractivity contribution < 1.29 is 9.90 Å².